The first-order chi connectivity index (χ1) is 8.02. The van der Waals surface area contributed by atoms with Crippen LogP contribution in [0.2, 0.25) is 13.1 Å². The molecule has 0 amide bonds. The van der Waals surface area contributed by atoms with Crippen LogP contribution in [0.1, 0.15) is 0 Å². The van der Waals surface area contributed by atoms with Gasteiger partial charge >= 0.3 is 15.6 Å². The first-order valence-electron chi connectivity index (χ1n) is 4.88. The Balaban J connectivity index is 2.90. The number of rotatable bonds is 5. The van der Waals surface area contributed by atoms with Gasteiger partial charge in [-0.15, -0.1) is 0 Å². The number of hydrogen-bond donors (Lipinski definition) is 3. The molecular weight excluding hydrogens is 298 g/mol. The quantitative estimate of drug-likeness (QED) is 0.555. The predicted octanol–water partition coefficient (Wildman–Crippen LogP) is 1.32. The lowest BCUT2D eigenvalue weighted by Gasteiger charge is -2.25. The molecule has 0 radical (unpaired) electrons. The Morgan fingerprint density at radius 3 is 2.00 bits per heavy atom. The molecule has 1 atom stereocenters. The van der Waals surface area contributed by atoms with E-state index in [2.05, 4.69) is 4.31 Å². The molecule has 0 aliphatic carbocycles. The van der Waals surface area contributed by atoms with Crippen LogP contribution in [-0.4, -0.2) is 23.0 Å². The van der Waals surface area contributed by atoms with E-state index in [4.69, 9.17) is 14.0 Å². The van der Waals surface area contributed by atoms with Crippen LogP contribution >= 0.6 is 15.6 Å². The molecule has 3 N–H and O–H groups in total. The summed E-state index contributed by atoms with van der Waals surface area (Å²) in [5, 5.41) is 0.702. The third kappa shape index (κ3) is 5.13. The van der Waals surface area contributed by atoms with E-state index in [1.807, 2.05) is 0 Å². The molecule has 102 valence electrons. The van der Waals surface area contributed by atoms with E-state index in [0.717, 1.165) is 0 Å². The summed E-state index contributed by atoms with van der Waals surface area (Å²) in [5.41, 5.74) is 0. The van der Waals surface area contributed by atoms with Crippen molar-refractivity contribution in [3.8, 4) is 0 Å². The average molecular weight is 312 g/mol. The van der Waals surface area contributed by atoms with Crippen molar-refractivity contribution in [2.24, 2.45) is 0 Å². The van der Waals surface area contributed by atoms with Crippen LogP contribution in [0.5, 0.6) is 0 Å². The lowest BCUT2D eigenvalue weighted by atomic mass is 10.4. The molecule has 0 aliphatic rings. The number of hydrogen-bond acceptors (Lipinski definition) is 4. The van der Waals surface area contributed by atoms with Crippen molar-refractivity contribution < 1.29 is 32.3 Å². The van der Waals surface area contributed by atoms with Crippen LogP contribution < -0.4 is 5.19 Å². The van der Waals surface area contributed by atoms with Crippen LogP contribution in [-0.2, 0) is 17.7 Å². The van der Waals surface area contributed by atoms with Crippen molar-refractivity contribution >= 4 is 29.1 Å². The van der Waals surface area contributed by atoms with Crippen LogP contribution in [0.4, 0.5) is 0 Å². The van der Waals surface area contributed by atoms with E-state index < -0.39 is 24.0 Å². The first kappa shape index (κ1) is 15.8. The van der Waals surface area contributed by atoms with Gasteiger partial charge in [0.2, 0.25) is 8.32 Å². The molecule has 0 spiro atoms. The van der Waals surface area contributed by atoms with E-state index in [-0.39, 0.29) is 0 Å². The summed E-state index contributed by atoms with van der Waals surface area (Å²) in [4.78, 5) is 26.3. The largest absolute Gasteiger partial charge is 0.478 e. The van der Waals surface area contributed by atoms with Crippen LogP contribution in [0.15, 0.2) is 30.3 Å². The van der Waals surface area contributed by atoms with E-state index >= 15 is 0 Å². The zero-order valence-electron chi connectivity index (χ0n) is 9.76. The van der Waals surface area contributed by atoms with Gasteiger partial charge in [0.05, 0.1) is 0 Å². The smallest absolute Gasteiger partial charge is 0.325 e. The van der Waals surface area contributed by atoms with E-state index in [1.165, 1.54) is 0 Å². The third-order valence-electron chi connectivity index (χ3n) is 2.02. The fourth-order valence-electron chi connectivity index (χ4n) is 1.33. The molecule has 0 saturated heterocycles. The maximum absolute atomic E-state index is 11.5. The number of benzene rings is 1. The molecule has 1 aromatic carbocycles. The predicted molar refractivity (Wildman–Crippen MR) is 67.6 cm³/mol. The second-order valence-electron chi connectivity index (χ2n) is 4.01. The molecule has 0 aliphatic heterocycles. The normalized spacial score (nSPS) is 16.3. The summed E-state index contributed by atoms with van der Waals surface area (Å²) in [7, 11) is -12.7. The Bertz CT molecular complexity index is 497. The summed E-state index contributed by atoms with van der Waals surface area (Å²) in [6, 6.07) is 8.67. The van der Waals surface area contributed by atoms with Gasteiger partial charge in [-0.2, -0.15) is 4.31 Å². The van der Waals surface area contributed by atoms with Crippen molar-refractivity contribution in [1.29, 1.82) is 0 Å². The molecule has 1 unspecified atom stereocenters. The topological polar surface area (TPSA) is 113 Å². The van der Waals surface area contributed by atoms with Gasteiger partial charge in [-0.05, 0) is 18.3 Å². The van der Waals surface area contributed by atoms with Crippen molar-refractivity contribution in [2.75, 3.05) is 0 Å². The molecular formula is C8H14O7P2Si. The van der Waals surface area contributed by atoms with Gasteiger partial charge in [0.15, 0.2) is 0 Å². The molecule has 0 saturated carbocycles. The summed E-state index contributed by atoms with van der Waals surface area (Å²) < 4.78 is 30.7. The Labute approximate surface area is 105 Å². The Hall–Kier alpha value is -0.303. The minimum absolute atomic E-state index is 0.702. The van der Waals surface area contributed by atoms with E-state index in [1.54, 1.807) is 43.4 Å². The molecule has 18 heavy (non-hydrogen) atoms. The molecule has 1 aromatic rings. The highest BCUT2D eigenvalue weighted by molar-refractivity contribution is 7.61. The highest BCUT2D eigenvalue weighted by atomic mass is 31.3. The maximum Gasteiger partial charge on any atom is 0.478 e. The van der Waals surface area contributed by atoms with Gasteiger partial charge in [0.1, 0.15) is 0 Å². The molecule has 7 nitrogen and oxygen atoms in total. The van der Waals surface area contributed by atoms with Gasteiger partial charge in [0, 0.05) is 0 Å². The van der Waals surface area contributed by atoms with Crippen molar-refractivity contribution in [2.45, 2.75) is 13.1 Å². The maximum atomic E-state index is 11.5. The van der Waals surface area contributed by atoms with E-state index in [0.29, 0.717) is 5.19 Å². The summed E-state index contributed by atoms with van der Waals surface area (Å²) in [6.07, 6.45) is 0. The average Bonchev–Trinajstić information content (AvgIpc) is 2.13. The van der Waals surface area contributed by atoms with Crippen molar-refractivity contribution in [3.63, 3.8) is 0 Å². The lowest BCUT2D eigenvalue weighted by Crippen LogP contribution is -2.43. The van der Waals surface area contributed by atoms with Gasteiger partial charge < -0.3 is 18.9 Å². The van der Waals surface area contributed by atoms with Gasteiger partial charge in [-0.3, -0.25) is 0 Å². The summed E-state index contributed by atoms with van der Waals surface area (Å²) in [6.45, 7) is 3.24. The molecule has 0 aromatic heterocycles. The molecule has 10 heteroatoms. The van der Waals surface area contributed by atoms with Gasteiger partial charge in [-0.1, -0.05) is 30.3 Å². The monoisotopic (exact) mass is 312 g/mol. The van der Waals surface area contributed by atoms with Crippen LogP contribution in [0.3, 0.4) is 0 Å². The lowest BCUT2D eigenvalue weighted by molar-refractivity contribution is 0.229. The summed E-state index contributed by atoms with van der Waals surface area (Å²) >= 11 is 0. The van der Waals surface area contributed by atoms with Crippen LogP contribution in [0, 0.1) is 0 Å². The second kappa shape index (κ2) is 5.36. The summed E-state index contributed by atoms with van der Waals surface area (Å²) in [5.74, 6) is 0. The standard InChI is InChI=1S/C8H14O7P2Si/c1-18(2,8-6-4-3-5-7-8)15-17(12,13)14-16(9,10)11/h3-7H,1-2H3,(H,12,13)(H2,9,10,11). The van der Waals surface area contributed by atoms with Gasteiger partial charge in [0.25, 0.3) is 0 Å². The fraction of sp³-hybridized carbons (Fsp3) is 0.250. The first-order valence-corrected chi connectivity index (χ1v) is 10.8. The number of phosphoric acid groups is 2. The van der Waals surface area contributed by atoms with E-state index in [9.17, 15) is 14.0 Å². The zero-order valence-corrected chi connectivity index (χ0v) is 12.5. The highest BCUT2D eigenvalue weighted by Gasteiger charge is 2.40. The molecule has 0 heterocycles. The Morgan fingerprint density at radius 2 is 1.56 bits per heavy atom. The molecule has 0 fully saturated rings. The van der Waals surface area contributed by atoms with Crippen LogP contribution in [0.25, 0.3) is 0 Å². The highest BCUT2D eigenvalue weighted by Crippen LogP contribution is 2.58. The molecule has 0 bridgehead atoms. The Kier molecular flexibility index (Phi) is 4.69. The Morgan fingerprint density at radius 1 is 1.06 bits per heavy atom. The van der Waals surface area contributed by atoms with Gasteiger partial charge in [-0.25, -0.2) is 9.13 Å². The molecule has 1 rings (SSSR count). The zero-order chi connectivity index (χ0) is 14.0. The minimum Gasteiger partial charge on any atom is -0.325 e. The SMILES string of the molecule is C[Si](C)(OP(=O)(O)OP(=O)(O)O)c1ccccc1. The minimum atomic E-state index is -5.08. The third-order valence-corrected chi connectivity index (χ3v) is 8.17. The van der Waals surface area contributed by atoms with Crippen molar-refractivity contribution in [3.05, 3.63) is 30.3 Å². The second-order valence-corrected chi connectivity index (χ2v) is 10.9. The fourth-order valence-corrected chi connectivity index (χ4v) is 6.56. The van der Waals surface area contributed by atoms with Crippen molar-refractivity contribution in [1.82, 2.24) is 0 Å².